The second-order valence-corrected chi connectivity index (χ2v) is 3.76. The zero-order valence-electron chi connectivity index (χ0n) is 10.8. The lowest BCUT2D eigenvalue weighted by molar-refractivity contribution is 0.0160. The molecule has 0 saturated carbocycles. The normalized spacial score (nSPS) is 12.2. The van der Waals surface area contributed by atoms with Crippen LogP contribution in [0, 0.1) is 0 Å². The summed E-state index contributed by atoms with van der Waals surface area (Å²) in [6.07, 6.45) is -0.692. The largest absolute Gasteiger partial charge is 0.497 e. The second-order valence-electron chi connectivity index (χ2n) is 3.76. The highest BCUT2D eigenvalue weighted by atomic mass is 16.5. The molecule has 0 aliphatic carbocycles. The number of ether oxygens (including phenoxy) is 3. The van der Waals surface area contributed by atoms with Crippen LogP contribution in [0.4, 0.5) is 0 Å². The topological polar surface area (TPSA) is 68.2 Å². The maximum atomic E-state index is 9.59. The molecule has 5 heteroatoms. The van der Waals surface area contributed by atoms with Crippen molar-refractivity contribution in [1.29, 1.82) is 0 Å². The van der Waals surface area contributed by atoms with Crippen LogP contribution < -0.4 is 9.47 Å². The Balaban J connectivity index is 2.59. The first-order valence-corrected chi connectivity index (χ1v) is 5.87. The first-order valence-electron chi connectivity index (χ1n) is 5.87. The number of hydrogen-bond acceptors (Lipinski definition) is 5. The number of aliphatic hydroxyl groups excluding tert-OH is 2. The molecule has 2 N–H and O–H groups in total. The predicted molar refractivity (Wildman–Crippen MR) is 66.9 cm³/mol. The maximum Gasteiger partial charge on any atom is 0.128 e. The lowest BCUT2D eigenvalue weighted by atomic mass is 10.2. The van der Waals surface area contributed by atoms with Crippen molar-refractivity contribution in [3.8, 4) is 11.5 Å². The lowest BCUT2D eigenvalue weighted by Crippen LogP contribution is -2.23. The molecule has 1 unspecified atom stereocenters. The summed E-state index contributed by atoms with van der Waals surface area (Å²) in [5, 5.41) is 18.8. The van der Waals surface area contributed by atoms with Crippen LogP contribution in [0.5, 0.6) is 11.5 Å². The van der Waals surface area contributed by atoms with Gasteiger partial charge in [0.25, 0.3) is 0 Å². The van der Waals surface area contributed by atoms with Crippen LogP contribution in [-0.2, 0) is 11.3 Å². The van der Waals surface area contributed by atoms with Crippen molar-refractivity contribution in [2.75, 3.05) is 26.9 Å². The Morgan fingerprint density at radius 3 is 2.67 bits per heavy atom. The van der Waals surface area contributed by atoms with Gasteiger partial charge in [-0.05, 0) is 19.1 Å². The van der Waals surface area contributed by atoms with Crippen LogP contribution in [0.1, 0.15) is 12.5 Å². The van der Waals surface area contributed by atoms with E-state index in [0.717, 1.165) is 0 Å². The van der Waals surface area contributed by atoms with Gasteiger partial charge < -0.3 is 24.4 Å². The monoisotopic (exact) mass is 256 g/mol. The van der Waals surface area contributed by atoms with Gasteiger partial charge in [-0.2, -0.15) is 0 Å². The fourth-order valence-electron chi connectivity index (χ4n) is 1.41. The van der Waals surface area contributed by atoms with Crippen molar-refractivity contribution in [3.05, 3.63) is 23.8 Å². The number of aliphatic hydroxyl groups is 2. The van der Waals surface area contributed by atoms with E-state index >= 15 is 0 Å². The lowest BCUT2D eigenvalue weighted by Gasteiger charge is -2.15. The summed E-state index contributed by atoms with van der Waals surface area (Å²) in [6, 6.07) is 5.15. The quantitative estimate of drug-likeness (QED) is 0.725. The average Bonchev–Trinajstić information content (AvgIpc) is 2.42. The summed E-state index contributed by atoms with van der Waals surface area (Å²) in [5.74, 6) is 1.15. The van der Waals surface area contributed by atoms with Crippen LogP contribution in [0.3, 0.4) is 0 Å². The molecule has 102 valence electrons. The van der Waals surface area contributed by atoms with Gasteiger partial charge in [-0.15, -0.1) is 0 Å². The smallest absolute Gasteiger partial charge is 0.128 e. The van der Waals surface area contributed by atoms with Crippen LogP contribution in [-0.4, -0.2) is 43.2 Å². The standard InChI is InChI=1S/C13H20O5/c1-3-17-8-11(15)9-18-13-6-12(16-2)5-4-10(13)7-14/h4-6,11,14-15H,3,7-9H2,1-2H3. The molecule has 0 saturated heterocycles. The Hall–Kier alpha value is -1.30. The van der Waals surface area contributed by atoms with E-state index < -0.39 is 6.10 Å². The second kappa shape index (κ2) is 7.92. The van der Waals surface area contributed by atoms with Gasteiger partial charge in [-0.3, -0.25) is 0 Å². The van der Waals surface area contributed by atoms with E-state index in [1.54, 1.807) is 25.3 Å². The summed E-state index contributed by atoms with van der Waals surface area (Å²) in [7, 11) is 1.56. The average molecular weight is 256 g/mol. The molecule has 1 atom stereocenters. The Morgan fingerprint density at radius 2 is 2.06 bits per heavy atom. The fraction of sp³-hybridized carbons (Fsp3) is 0.538. The summed E-state index contributed by atoms with van der Waals surface area (Å²) in [5.41, 5.74) is 0.652. The highest BCUT2D eigenvalue weighted by Gasteiger charge is 2.09. The van der Waals surface area contributed by atoms with Gasteiger partial charge in [0.05, 0.1) is 20.3 Å². The molecular formula is C13H20O5. The van der Waals surface area contributed by atoms with E-state index in [0.29, 0.717) is 23.7 Å². The van der Waals surface area contributed by atoms with E-state index in [4.69, 9.17) is 14.2 Å². The van der Waals surface area contributed by atoms with Crippen LogP contribution in [0.25, 0.3) is 0 Å². The van der Waals surface area contributed by atoms with Gasteiger partial charge in [0.2, 0.25) is 0 Å². The highest BCUT2D eigenvalue weighted by Crippen LogP contribution is 2.24. The van der Waals surface area contributed by atoms with Crippen molar-refractivity contribution in [3.63, 3.8) is 0 Å². The van der Waals surface area contributed by atoms with Gasteiger partial charge in [-0.1, -0.05) is 0 Å². The fourth-order valence-corrected chi connectivity index (χ4v) is 1.41. The van der Waals surface area contributed by atoms with Crippen molar-refractivity contribution in [2.24, 2.45) is 0 Å². The molecule has 0 bridgehead atoms. The Morgan fingerprint density at radius 1 is 1.28 bits per heavy atom. The van der Waals surface area contributed by atoms with Crippen molar-refractivity contribution in [2.45, 2.75) is 19.6 Å². The Bertz CT molecular complexity index is 353. The third-order valence-electron chi connectivity index (χ3n) is 2.39. The molecule has 1 aromatic rings. The number of methoxy groups -OCH3 is 1. The van der Waals surface area contributed by atoms with E-state index in [-0.39, 0.29) is 19.8 Å². The van der Waals surface area contributed by atoms with E-state index in [2.05, 4.69) is 0 Å². The third-order valence-corrected chi connectivity index (χ3v) is 2.39. The third kappa shape index (κ3) is 4.52. The molecule has 0 spiro atoms. The molecule has 0 aliphatic rings. The van der Waals surface area contributed by atoms with Gasteiger partial charge in [0, 0.05) is 18.2 Å². The molecule has 1 rings (SSSR count). The molecule has 5 nitrogen and oxygen atoms in total. The maximum absolute atomic E-state index is 9.59. The Labute approximate surface area is 107 Å². The Kier molecular flexibility index (Phi) is 6.49. The summed E-state index contributed by atoms with van der Waals surface area (Å²) < 4.78 is 15.6. The van der Waals surface area contributed by atoms with Crippen molar-refractivity contribution < 1.29 is 24.4 Å². The van der Waals surface area contributed by atoms with Crippen LogP contribution in [0.2, 0.25) is 0 Å². The predicted octanol–water partition coefficient (Wildman–Crippen LogP) is 0.964. The number of rotatable bonds is 8. The summed E-state index contributed by atoms with van der Waals surface area (Å²) in [4.78, 5) is 0. The molecule has 0 heterocycles. The first-order chi connectivity index (χ1) is 8.71. The zero-order valence-corrected chi connectivity index (χ0v) is 10.8. The van der Waals surface area contributed by atoms with Gasteiger partial charge in [0.15, 0.2) is 0 Å². The van der Waals surface area contributed by atoms with Crippen LogP contribution >= 0.6 is 0 Å². The first kappa shape index (κ1) is 14.8. The van der Waals surface area contributed by atoms with Gasteiger partial charge in [0.1, 0.15) is 24.2 Å². The molecule has 0 radical (unpaired) electrons. The van der Waals surface area contributed by atoms with E-state index in [9.17, 15) is 10.2 Å². The minimum Gasteiger partial charge on any atom is -0.497 e. The van der Waals surface area contributed by atoms with Crippen LogP contribution in [0.15, 0.2) is 18.2 Å². The van der Waals surface area contributed by atoms with E-state index in [1.807, 2.05) is 6.92 Å². The molecular weight excluding hydrogens is 236 g/mol. The molecule has 0 amide bonds. The minimum absolute atomic E-state index is 0.111. The number of benzene rings is 1. The summed E-state index contributed by atoms with van der Waals surface area (Å²) >= 11 is 0. The van der Waals surface area contributed by atoms with Gasteiger partial charge in [-0.25, -0.2) is 0 Å². The summed E-state index contributed by atoms with van der Waals surface area (Å²) in [6.45, 7) is 2.63. The molecule has 1 aromatic carbocycles. The molecule has 0 aliphatic heterocycles. The van der Waals surface area contributed by atoms with E-state index in [1.165, 1.54) is 0 Å². The highest BCUT2D eigenvalue weighted by molar-refractivity contribution is 5.40. The number of hydrogen-bond donors (Lipinski definition) is 2. The SMILES string of the molecule is CCOCC(O)COc1cc(OC)ccc1CO. The molecule has 18 heavy (non-hydrogen) atoms. The minimum atomic E-state index is -0.692. The zero-order chi connectivity index (χ0) is 13.4. The molecule has 0 fully saturated rings. The van der Waals surface area contributed by atoms with Crippen molar-refractivity contribution >= 4 is 0 Å². The van der Waals surface area contributed by atoms with Gasteiger partial charge >= 0.3 is 0 Å². The molecule has 0 aromatic heterocycles. The van der Waals surface area contributed by atoms with Crippen molar-refractivity contribution in [1.82, 2.24) is 0 Å².